The molecule has 6 nitrogen and oxygen atoms in total. The maximum atomic E-state index is 12.3. The first-order valence-electron chi connectivity index (χ1n) is 7.29. The van der Waals surface area contributed by atoms with Crippen molar-refractivity contribution in [2.24, 2.45) is 0 Å². The summed E-state index contributed by atoms with van der Waals surface area (Å²) in [6.45, 7) is 1.89. The van der Waals surface area contributed by atoms with E-state index in [2.05, 4.69) is 9.97 Å². The number of carbonyl (C=O) groups excluding carboxylic acids is 1. The lowest BCUT2D eigenvalue weighted by Crippen LogP contribution is -2.04. The number of Topliss-reactive ketones (excluding diaryl/α,β-unsaturated/α-hetero) is 1. The molecule has 25 heavy (non-hydrogen) atoms. The summed E-state index contributed by atoms with van der Waals surface area (Å²) in [5.41, 5.74) is 1.60. The first kappa shape index (κ1) is 17.3. The molecule has 0 N–H and O–H groups in total. The summed E-state index contributed by atoms with van der Waals surface area (Å²) in [6.07, 6.45) is 0. The van der Waals surface area contributed by atoms with E-state index in [0.29, 0.717) is 5.16 Å². The average molecular weight is 374 g/mol. The van der Waals surface area contributed by atoms with E-state index in [1.165, 1.54) is 30.0 Å². The van der Waals surface area contributed by atoms with Crippen LogP contribution < -0.4 is 0 Å². The number of thioether (sulfide) groups is 1. The predicted molar refractivity (Wildman–Crippen MR) is 97.4 cm³/mol. The molecular weight excluding hydrogens is 362 g/mol. The standard InChI is InChI=1S/C17H12ClN3O3S/c1-10-12-4-2-3-5-14(12)20-17(19-10)25-9-16(22)11-6-7-13(18)15(8-11)21(23)24/h2-8H,9H2,1H3. The number of para-hydroxylation sites is 1. The lowest BCUT2D eigenvalue weighted by Gasteiger charge is -2.05. The van der Waals surface area contributed by atoms with Crippen molar-refractivity contribution in [1.29, 1.82) is 0 Å². The van der Waals surface area contributed by atoms with Crippen LogP contribution in [-0.2, 0) is 0 Å². The molecule has 8 heteroatoms. The van der Waals surface area contributed by atoms with E-state index in [1.807, 2.05) is 31.2 Å². The van der Waals surface area contributed by atoms with Crippen molar-refractivity contribution in [3.63, 3.8) is 0 Å². The molecule has 0 bridgehead atoms. The van der Waals surface area contributed by atoms with Crippen LogP contribution in [0.1, 0.15) is 16.1 Å². The molecule has 0 radical (unpaired) electrons. The Morgan fingerprint density at radius 2 is 2.00 bits per heavy atom. The summed E-state index contributed by atoms with van der Waals surface area (Å²) in [4.78, 5) is 31.5. The molecule has 0 aliphatic rings. The fourth-order valence-electron chi connectivity index (χ4n) is 2.31. The van der Waals surface area contributed by atoms with Crippen molar-refractivity contribution in [2.75, 3.05) is 5.75 Å². The lowest BCUT2D eigenvalue weighted by atomic mass is 10.1. The van der Waals surface area contributed by atoms with Gasteiger partial charge in [-0.25, -0.2) is 9.97 Å². The zero-order chi connectivity index (χ0) is 18.0. The monoisotopic (exact) mass is 373 g/mol. The van der Waals surface area contributed by atoms with Crippen molar-refractivity contribution in [1.82, 2.24) is 9.97 Å². The number of fused-ring (bicyclic) bond motifs is 1. The number of benzene rings is 2. The number of nitro benzene ring substituents is 1. The number of aryl methyl sites for hydroxylation is 1. The molecule has 0 aliphatic carbocycles. The molecule has 3 rings (SSSR count). The SMILES string of the molecule is Cc1nc(SCC(=O)c2ccc(Cl)c([N+](=O)[O-])c2)nc2ccccc12. The Kier molecular flexibility index (Phi) is 4.96. The van der Waals surface area contributed by atoms with Gasteiger partial charge in [0.15, 0.2) is 10.9 Å². The average Bonchev–Trinajstić information content (AvgIpc) is 2.60. The maximum Gasteiger partial charge on any atom is 0.288 e. The summed E-state index contributed by atoms with van der Waals surface area (Å²) < 4.78 is 0. The van der Waals surface area contributed by atoms with E-state index in [-0.39, 0.29) is 27.8 Å². The van der Waals surface area contributed by atoms with E-state index < -0.39 is 4.92 Å². The first-order valence-corrected chi connectivity index (χ1v) is 8.65. The van der Waals surface area contributed by atoms with Crippen LogP contribution in [0.5, 0.6) is 0 Å². The van der Waals surface area contributed by atoms with Crippen LogP contribution in [-0.4, -0.2) is 26.4 Å². The molecule has 3 aromatic rings. The molecule has 0 aliphatic heterocycles. The zero-order valence-electron chi connectivity index (χ0n) is 13.1. The van der Waals surface area contributed by atoms with Crippen molar-refractivity contribution in [2.45, 2.75) is 12.1 Å². The molecular formula is C17H12ClN3O3S. The number of ketones is 1. The summed E-state index contributed by atoms with van der Waals surface area (Å²) in [7, 11) is 0. The van der Waals surface area contributed by atoms with Gasteiger partial charge < -0.3 is 0 Å². The molecule has 0 saturated carbocycles. The van der Waals surface area contributed by atoms with Gasteiger partial charge in [-0.3, -0.25) is 14.9 Å². The highest BCUT2D eigenvalue weighted by molar-refractivity contribution is 7.99. The first-order chi connectivity index (χ1) is 12.0. The molecule has 0 atom stereocenters. The molecule has 0 amide bonds. The van der Waals surface area contributed by atoms with Gasteiger partial charge in [-0.1, -0.05) is 41.6 Å². The summed E-state index contributed by atoms with van der Waals surface area (Å²) in [5, 5.41) is 12.4. The number of rotatable bonds is 5. The highest BCUT2D eigenvalue weighted by Gasteiger charge is 2.17. The Hall–Kier alpha value is -2.51. The van der Waals surface area contributed by atoms with Gasteiger partial charge in [0, 0.05) is 22.7 Å². The molecule has 2 aromatic carbocycles. The van der Waals surface area contributed by atoms with Gasteiger partial charge in [-0.15, -0.1) is 0 Å². The third-order valence-electron chi connectivity index (χ3n) is 3.57. The van der Waals surface area contributed by atoms with Gasteiger partial charge in [0.25, 0.3) is 5.69 Å². The van der Waals surface area contributed by atoms with Crippen LogP contribution in [0.4, 0.5) is 5.69 Å². The third kappa shape index (κ3) is 3.78. The van der Waals surface area contributed by atoms with Crippen molar-refractivity contribution >= 4 is 45.7 Å². The van der Waals surface area contributed by atoms with Crippen LogP contribution in [0.15, 0.2) is 47.6 Å². The molecule has 0 saturated heterocycles. The highest BCUT2D eigenvalue weighted by Crippen LogP contribution is 2.26. The Morgan fingerprint density at radius 1 is 1.24 bits per heavy atom. The smallest absolute Gasteiger partial charge is 0.288 e. The minimum Gasteiger partial charge on any atom is -0.293 e. The lowest BCUT2D eigenvalue weighted by molar-refractivity contribution is -0.384. The van der Waals surface area contributed by atoms with Crippen LogP contribution in [0.3, 0.4) is 0 Å². The van der Waals surface area contributed by atoms with Crippen LogP contribution in [0.25, 0.3) is 10.9 Å². The fourth-order valence-corrected chi connectivity index (χ4v) is 3.29. The highest BCUT2D eigenvalue weighted by atomic mass is 35.5. The minimum atomic E-state index is -0.609. The summed E-state index contributed by atoms with van der Waals surface area (Å²) in [5.74, 6) is -0.171. The Balaban J connectivity index is 1.79. The Morgan fingerprint density at radius 3 is 2.76 bits per heavy atom. The molecule has 0 spiro atoms. The summed E-state index contributed by atoms with van der Waals surface area (Å²) in [6, 6.07) is 11.7. The van der Waals surface area contributed by atoms with Crippen LogP contribution in [0.2, 0.25) is 5.02 Å². The van der Waals surface area contributed by atoms with Crippen LogP contribution >= 0.6 is 23.4 Å². The minimum absolute atomic E-state index is 0.00249. The number of halogens is 1. The normalized spacial score (nSPS) is 10.8. The topological polar surface area (TPSA) is 86.0 Å². The maximum absolute atomic E-state index is 12.3. The van der Waals surface area contributed by atoms with Crippen molar-refractivity contribution in [3.05, 3.63) is 68.9 Å². The second-order valence-electron chi connectivity index (χ2n) is 5.24. The van der Waals surface area contributed by atoms with Crippen molar-refractivity contribution < 1.29 is 9.72 Å². The number of hydrogen-bond acceptors (Lipinski definition) is 6. The van der Waals surface area contributed by atoms with E-state index in [9.17, 15) is 14.9 Å². The van der Waals surface area contributed by atoms with Gasteiger partial charge in [0.1, 0.15) is 5.02 Å². The molecule has 0 fully saturated rings. The van der Waals surface area contributed by atoms with Gasteiger partial charge in [-0.05, 0) is 25.1 Å². The van der Waals surface area contributed by atoms with Gasteiger partial charge >= 0.3 is 0 Å². The molecule has 1 heterocycles. The third-order valence-corrected chi connectivity index (χ3v) is 4.74. The zero-order valence-corrected chi connectivity index (χ0v) is 14.7. The van der Waals surface area contributed by atoms with Crippen molar-refractivity contribution in [3.8, 4) is 0 Å². The van der Waals surface area contributed by atoms with Gasteiger partial charge in [0.05, 0.1) is 16.2 Å². The van der Waals surface area contributed by atoms with E-state index in [4.69, 9.17) is 11.6 Å². The van der Waals surface area contributed by atoms with E-state index in [0.717, 1.165) is 16.6 Å². The summed E-state index contributed by atoms with van der Waals surface area (Å²) >= 11 is 6.96. The predicted octanol–water partition coefficient (Wildman–Crippen LogP) is 4.47. The molecule has 0 unspecified atom stereocenters. The number of nitrogens with zero attached hydrogens (tertiary/aromatic N) is 3. The quantitative estimate of drug-likeness (QED) is 0.215. The fraction of sp³-hybridized carbons (Fsp3) is 0.118. The molecule has 126 valence electrons. The van der Waals surface area contributed by atoms with E-state index in [1.54, 1.807) is 0 Å². The second kappa shape index (κ2) is 7.16. The van der Waals surface area contributed by atoms with Gasteiger partial charge in [0.2, 0.25) is 0 Å². The van der Waals surface area contributed by atoms with E-state index >= 15 is 0 Å². The second-order valence-corrected chi connectivity index (χ2v) is 6.59. The molecule has 1 aromatic heterocycles. The number of nitro groups is 1. The number of aromatic nitrogens is 2. The Bertz CT molecular complexity index is 994. The van der Waals surface area contributed by atoms with Gasteiger partial charge in [-0.2, -0.15) is 0 Å². The number of hydrogen-bond donors (Lipinski definition) is 0. The largest absolute Gasteiger partial charge is 0.293 e. The Labute approximate surface area is 152 Å². The number of carbonyl (C=O) groups is 1. The van der Waals surface area contributed by atoms with Crippen LogP contribution in [0, 0.1) is 17.0 Å².